The Morgan fingerprint density at radius 2 is 1.82 bits per heavy atom. The van der Waals surface area contributed by atoms with Crippen LogP contribution in [0, 0.1) is 0 Å². The fourth-order valence-electron chi connectivity index (χ4n) is 1.81. The number of hydrogen-bond acceptors (Lipinski definition) is 4. The van der Waals surface area contributed by atoms with Crippen molar-refractivity contribution in [3.05, 3.63) is 34.9 Å². The van der Waals surface area contributed by atoms with Gasteiger partial charge >= 0.3 is 12.1 Å². The lowest BCUT2D eigenvalue weighted by molar-refractivity contribution is -0.164. The Morgan fingerprint density at radius 1 is 1.18 bits per heavy atom. The van der Waals surface area contributed by atoms with Crippen LogP contribution in [-0.4, -0.2) is 24.9 Å². The number of rotatable bonds is 7. The van der Waals surface area contributed by atoms with Crippen LogP contribution in [0.2, 0.25) is 5.02 Å². The molecule has 0 aliphatic rings. The van der Waals surface area contributed by atoms with Gasteiger partial charge in [0.15, 0.2) is 0 Å². The minimum atomic E-state index is -0.898. The van der Waals surface area contributed by atoms with Gasteiger partial charge in [-0.2, -0.15) is 0 Å². The number of carbonyl (C=O) groups excluding carboxylic acids is 2. The van der Waals surface area contributed by atoms with Crippen molar-refractivity contribution in [1.29, 1.82) is 0 Å². The van der Waals surface area contributed by atoms with Crippen molar-refractivity contribution in [2.45, 2.75) is 45.8 Å². The zero-order valence-corrected chi connectivity index (χ0v) is 13.9. The Kier molecular flexibility index (Phi) is 7.74. The van der Waals surface area contributed by atoms with Gasteiger partial charge in [0.05, 0.1) is 0 Å². The highest BCUT2D eigenvalue weighted by molar-refractivity contribution is 6.30. The number of hydrogen-bond donors (Lipinski definition) is 1. The maximum absolute atomic E-state index is 11.6. The molecule has 1 rings (SSSR count). The Hall–Kier alpha value is -1.75. The van der Waals surface area contributed by atoms with Crippen molar-refractivity contribution in [2.24, 2.45) is 0 Å². The first-order valence-electron chi connectivity index (χ1n) is 7.31. The molecular formula is C16H22ClNO4. The number of halogens is 1. The van der Waals surface area contributed by atoms with Crippen LogP contribution in [-0.2, 0) is 14.3 Å². The second-order valence-electron chi connectivity index (χ2n) is 5.05. The number of amides is 1. The zero-order valence-electron chi connectivity index (χ0n) is 13.1. The predicted octanol–water partition coefficient (Wildman–Crippen LogP) is 3.86. The van der Waals surface area contributed by atoms with E-state index in [1.165, 1.54) is 6.92 Å². The summed E-state index contributed by atoms with van der Waals surface area (Å²) < 4.78 is 9.89. The first kappa shape index (κ1) is 18.3. The molecule has 1 aromatic carbocycles. The first-order valence-corrected chi connectivity index (χ1v) is 7.69. The molecule has 0 fully saturated rings. The third-order valence-electron chi connectivity index (χ3n) is 3.02. The van der Waals surface area contributed by atoms with E-state index in [0.717, 1.165) is 5.56 Å². The largest absolute Gasteiger partial charge is 0.425 e. The summed E-state index contributed by atoms with van der Waals surface area (Å²) >= 11 is 5.83. The van der Waals surface area contributed by atoms with Gasteiger partial charge in [-0.25, -0.2) is 4.79 Å². The molecule has 0 radical (unpaired) electrons. The van der Waals surface area contributed by atoms with Gasteiger partial charge in [-0.3, -0.25) is 4.79 Å². The molecule has 1 unspecified atom stereocenters. The lowest BCUT2D eigenvalue weighted by atomic mass is 10.0. The topological polar surface area (TPSA) is 64.6 Å². The van der Waals surface area contributed by atoms with Crippen LogP contribution < -0.4 is 5.32 Å². The van der Waals surface area contributed by atoms with Crippen molar-refractivity contribution in [3.8, 4) is 0 Å². The Balaban J connectivity index is 2.33. The van der Waals surface area contributed by atoms with E-state index in [2.05, 4.69) is 5.32 Å². The fourth-order valence-corrected chi connectivity index (χ4v) is 1.94. The van der Waals surface area contributed by atoms with E-state index in [1.807, 2.05) is 26.0 Å². The normalized spacial score (nSPS) is 13.1. The number of nitrogens with one attached hydrogen (secondary N) is 1. The summed E-state index contributed by atoms with van der Waals surface area (Å²) in [6.07, 6.45) is -0.512. The van der Waals surface area contributed by atoms with Crippen molar-refractivity contribution in [3.63, 3.8) is 0 Å². The molecule has 1 aromatic rings. The summed E-state index contributed by atoms with van der Waals surface area (Å²) in [5.74, 6) is -0.264. The molecule has 22 heavy (non-hydrogen) atoms. The summed E-state index contributed by atoms with van der Waals surface area (Å²) in [5, 5.41) is 3.32. The number of esters is 1. The predicted molar refractivity (Wildman–Crippen MR) is 84.8 cm³/mol. The molecule has 1 N–H and O–H groups in total. The highest BCUT2D eigenvalue weighted by atomic mass is 35.5. The van der Waals surface area contributed by atoms with Crippen LogP contribution in [0.25, 0.3) is 0 Å². The van der Waals surface area contributed by atoms with Crippen LogP contribution in [0.15, 0.2) is 24.3 Å². The quantitative estimate of drug-likeness (QED) is 0.610. The summed E-state index contributed by atoms with van der Waals surface area (Å²) in [7, 11) is 0. The second kappa shape index (κ2) is 9.30. The van der Waals surface area contributed by atoms with Gasteiger partial charge in [-0.1, -0.05) is 37.6 Å². The average Bonchev–Trinajstić information content (AvgIpc) is 2.45. The average molecular weight is 328 g/mol. The zero-order chi connectivity index (χ0) is 16.5. The molecule has 0 aliphatic carbocycles. The molecule has 1 amide bonds. The van der Waals surface area contributed by atoms with Gasteiger partial charge in [-0.05, 0) is 30.0 Å². The van der Waals surface area contributed by atoms with E-state index < -0.39 is 12.4 Å². The number of benzene rings is 1. The molecule has 5 nitrogen and oxygen atoms in total. The third-order valence-corrected chi connectivity index (χ3v) is 3.27. The summed E-state index contributed by atoms with van der Waals surface area (Å²) in [6.45, 7) is 5.78. The van der Waals surface area contributed by atoms with Gasteiger partial charge < -0.3 is 14.8 Å². The lowest BCUT2D eigenvalue weighted by Gasteiger charge is -2.16. The Bertz CT molecular complexity index is 489. The molecule has 6 heteroatoms. The Labute approximate surface area is 135 Å². The highest BCUT2D eigenvalue weighted by Gasteiger charge is 2.14. The lowest BCUT2D eigenvalue weighted by Crippen LogP contribution is -2.32. The summed E-state index contributed by atoms with van der Waals surface area (Å²) in [6, 6.07) is 7.44. The molecule has 0 bridgehead atoms. The minimum absolute atomic E-state index is 0.114. The van der Waals surface area contributed by atoms with Crippen LogP contribution in [0.4, 0.5) is 4.79 Å². The summed E-state index contributed by atoms with van der Waals surface area (Å²) in [4.78, 5) is 22.9. The molecular weight excluding hydrogens is 306 g/mol. The SMILES string of the molecule is CCCC(=O)OC(C)OC(=O)NC[C@H](C)c1ccc(Cl)cc1. The van der Waals surface area contributed by atoms with E-state index in [-0.39, 0.29) is 11.9 Å². The van der Waals surface area contributed by atoms with Gasteiger partial charge in [0.2, 0.25) is 6.29 Å². The third kappa shape index (κ3) is 6.80. The first-order chi connectivity index (χ1) is 10.4. The molecule has 0 spiro atoms. The molecule has 122 valence electrons. The van der Waals surface area contributed by atoms with Gasteiger partial charge in [-0.15, -0.1) is 0 Å². The summed E-state index contributed by atoms with van der Waals surface area (Å²) in [5.41, 5.74) is 1.06. The van der Waals surface area contributed by atoms with Crippen LogP contribution in [0.1, 0.15) is 45.1 Å². The number of alkyl carbamates (subject to hydrolysis) is 1. The van der Waals surface area contributed by atoms with Gasteiger partial charge in [0.25, 0.3) is 0 Å². The van der Waals surface area contributed by atoms with E-state index >= 15 is 0 Å². The highest BCUT2D eigenvalue weighted by Crippen LogP contribution is 2.17. The molecule has 0 aromatic heterocycles. The van der Waals surface area contributed by atoms with Crippen molar-refractivity contribution in [1.82, 2.24) is 5.32 Å². The monoisotopic (exact) mass is 327 g/mol. The maximum atomic E-state index is 11.6. The van der Waals surface area contributed by atoms with Crippen molar-refractivity contribution >= 4 is 23.7 Å². The smallest absolute Gasteiger partial charge is 0.410 e. The molecule has 0 saturated carbocycles. The van der Waals surface area contributed by atoms with E-state index in [4.69, 9.17) is 21.1 Å². The van der Waals surface area contributed by atoms with Gasteiger partial charge in [0.1, 0.15) is 0 Å². The molecule has 0 heterocycles. The van der Waals surface area contributed by atoms with Crippen LogP contribution in [0.5, 0.6) is 0 Å². The number of ether oxygens (including phenoxy) is 2. The fraction of sp³-hybridized carbons (Fsp3) is 0.500. The van der Waals surface area contributed by atoms with E-state index in [9.17, 15) is 9.59 Å². The number of carbonyl (C=O) groups is 2. The van der Waals surface area contributed by atoms with Crippen molar-refractivity contribution < 1.29 is 19.1 Å². The molecule has 0 saturated heterocycles. The van der Waals surface area contributed by atoms with E-state index in [1.54, 1.807) is 12.1 Å². The minimum Gasteiger partial charge on any atom is -0.425 e. The van der Waals surface area contributed by atoms with Crippen molar-refractivity contribution in [2.75, 3.05) is 6.54 Å². The second-order valence-corrected chi connectivity index (χ2v) is 5.48. The maximum Gasteiger partial charge on any atom is 0.410 e. The van der Waals surface area contributed by atoms with Crippen LogP contribution >= 0.6 is 11.6 Å². The van der Waals surface area contributed by atoms with Gasteiger partial charge in [0, 0.05) is 24.9 Å². The standard InChI is InChI=1S/C16H22ClNO4/c1-4-5-15(19)21-12(3)22-16(20)18-10-11(2)13-6-8-14(17)9-7-13/h6-9,11-12H,4-5,10H2,1-3H3,(H,18,20)/t11-,12?/m0/s1. The molecule has 2 atom stereocenters. The van der Waals surface area contributed by atoms with Crippen LogP contribution in [0.3, 0.4) is 0 Å². The Morgan fingerprint density at radius 3 is 2.41 bits per heavy atom. The van der Waals surface area contributed by atoms with E-state index in [0.29, 0.717) is 24.4 Å². The molecule has 0 aliphatic heterocycles.